The number of hydrogen-bond acceptors (Lipinski definition) is 9. The number of anilines is 2. The molecule has 0 radical (unpaired) electrons. The second-order valence-corrected chi connectivity index (χ2v) is 11.5. The molecule has 2 fully saturated rings. The van der Waals surface area contributed by atoms with Crippen molar-refractivity contribution in [2.45, 2.75) is 44.2 Å². The van der Waals surface area contributed by atoms with Gasteiger partial charge in [0, 0.05) is 42.1 Å². The Kier molecular flexibility index (Phi) is 9.41. The highest BCUT2D eigenvalue weighted by molar-refractivity contribution is 6.26. The minimum atomic E-state index is -0.592. The number of carbonyl (C=O) groups is 2. The SMILES string of the molecule is CN/C(C)=C(\C(=O)Nc1ccccc1)C(=O)Nc1ccc(Oc2ccnc3cc(OCCCNC4COC5(CC5)C4)ccc23)cn1. The molecule has 1 spiro atoms. The number of allylic oxidation sites excluding steroid dienone is 1. The summed E-state index contributed by atoms with van der Waals surface area (Å²) in [4.78, 5) is 34.9. The number of para-hydroxylation sites is 1. The van der Waals surface area contributed by atoms with E-state index in [0.717, 1.165) is 42.6 Å². The molecule has 4 aromatic rings. The van der Waals surface area contributed by atoms with Crippen molar-refractivity contribution < 1.29 is 23.8 Å². The molecule has 46 heavy (non-hydrogen) atoms. The quantitative estimate of drug-likeness (QED) is 0.0689. The molecule has 1 aliphatic carbocycles. The number of rotatable bonds is 13. The molecule has 2 amide bonds. The average molecular weight is 623 g/mol. The zero-order chi connectivity index (χ0) is 31.9. The summed E-state index contributed by atoms with van der Waals surface area (Å²) in [5.74, 6) is 0.977. The molecular formula is C35H38N6O5. The molecule has 238 valence electrons. The number of carbonyl (C=O) groups excluding carboxylic acids is 2. The molecule has 6 rings (SSSR count). The van der Waals surface area contributed by atoms with Gasteiger partial charge in [-0.05, 0) is 81.6 Å². The van der Waals surface area contributed by atoms with Crippen molar-refractivity contribution in [3.8, 4) is 17.2 Å². The van der Waals surface area contributed by atoms with Crippen LogP contribution in [0.1, 0.15) is 32.6 Å². The van der Waals surface area contributed by atoms with Crippen LogP contribution in [0, 0.1) is 0 Å². The smallest absolute Gasteiger partial charge is 0.264 e. The summed E-state index contributed by atoms with van der Waals surface area (Å²) in [6.07, 6.45) is 7.62. The fourth-order valence-corrected chi connectivity index (χ4v) is 5.42. The van der Waals surface area contributed by atoms with E-state index in [1.54, 1.807) is 62.6 Å². The second kappa shape index (κ2) is 14.0. The van der Waals surface area contributed by atoms with Gasteiger partial charge in [-0.15, -0.1) is 0 Å². The van der Waals surface area contributed by atoms with E-state index in [0.29, 0.717) is 35.5 Å². The van der Waals surface area contributed by atoms with E-state index >= 15 is 0 Å². The lowest BCUT2D eigenvalue weighted by Gasteiger charge is -2.13. The number of pyridine rings is 2. The molecule has 2 aliphatic rings. The average Bonchev–Trinajstić information content (AvgIpc) is 3.71. The molecule has 0 bridgehead atoms. The summed E-state index contributed by atoms with van der Waals surface area (Å²) in [6.45, 7) is 3.96. The van der Waals surface area contributed by atoms with Crippen LogP contribution in [0.3, 0.4) is 0 Å². The first-order valence-electron chi connectivity index (χ1n) is 15.5. The van der Waals surface area contributed by atoms with Crippen LogP contribution in [0.4, 0.5) is 11.5 Å². The van der Waals surface area contributed by atoms with Gasteiger partial charge >= 0.3 is 0 Å². The third-order valence-electron chi connectivity index (χ3n) is 8.16. The fourth-order valence-electron chi connectivity index (χ4n) is 5.42. The lowest BCUT2D eigenvalue weighted by Crippen LogP contribution is -2.31. The van der Waals surface area contributed by atoms with Gasteiger partial charge in [-0.2, -0.15) is 0 Å². The van der Waals surface area contributed by atoms with E-state index < -0.39 is 11.8 Å². The Labute approximate surface area is 267 Å². The van der Waals surface area contributed by atoms with Crippen LogP contribution in [0.15, 0.2) is 90.4 Å². The van der Waals surface area contributed by atoms with Gasteiger partial charge in [0.05, 0.1) is 30.5 Å². The maximum Gasteiger partial charge on any atom is 0.264 e. The molecule has 3 heterocycles. The maximum absolute atomic E-state index is 13.1. The van der Waals surface area contributed by atoms with Crippen molar-refractivity contribution in [3.05, 3.63) is 90.4 Å². The Hall–Kier alpha value is -5.00. The van der Waals surface area contributed by atoms with E-state index in [2.05, 4.69) is 31.2 Å². The summed E-state index contributed by atoms with van der Waals surface area (Å²) in [6, 6.07) is 20.2. The number of benzene rings is 2. The number of nitrogens with zero attached hydrogens (tertiary/aromatic N) is 2. The number of nitrogens with one attached hydrogen (secondary N) is 4. The number of aromatic nitrogens is 2. The Balaban J connectivity index is 1.02. The summed E-state index contributed by atoms with van der Waals surface area (Å²) in [5, 5.41) is 12.7. The molecular weight excluding hydrogens is 584 g/mol. The van der Waals surface area contributed by atoms with E-state index in [4.69, 9.17) is 14.2 Å². The molecule has 1 saturated heterocycles. The number of hydrogen-bond donors (Lipinski definition) is 4. The van der Waals surface area contributed by atoms with Crippen LogP contribution in [-0.2, 0) is 14.3 Å². The Morgan fingerprint density at radius 3 is 2.52 bits per heavy atom. The standard InChI is InChI=1S/C35H38N6O5/c1-23(36-2)32(33(42)40-24-7-4-3-5-8-24)34(43)41-31-12-10-27(21-39-31)46-30-13-17-38-29-19-26(9-11-28(29)30)44-18-6-16-37-25-20-35(14-15-35)45-22-25/h3-5,7-13,17,19,21,25,36-37H,6,14-16,18,20,22H2,1-2H3,(H,40,42)(H,39,41,43)/b32-23+. The summed E-state index contributed by atoms with van der Waals surface area (Å²) in [7, 11) is 1.65. The van der Waals surface area contributed by atoms with E-state index in [1.807, 2.05) is 24.3 Å². The van der Waals surface area contributed by atoms with Gasteiger partial charge < -0.3 is 35.5 Å². The third-order valence-corrected chi connectivity index (χ3v) is 8.16. The molecule has 2 aromatic heterocycles. The van der Waals surface area contributed by atoms with Gasteiger partial charge in [-0.1, -0.05) is 18.2 Å². The van der Waals surface area contributed by atoms with Crippen LogP contribution >= 0.6 is 0 Å². The first-order chi connectivity index (χ1) is 22.4. The molecule has 4 N–H and O–H groups in total. The van der Waals surface area contributed by atoms with Crippen molar-refractivity contribution >= 4 is 34.2 Å². The van der Waals surface area contributed by atoms with Gasteiger partial charge in [0.1, 0.15) is 28.6 Å². The number of fused-ring (bicyclic) bond motifs is 1. The lowest BCUT2D eigenvalue weighted by atomic mass is 10.1. The number of ether oxygens (including phenoxy) is 3. The van der Waals surface area contributed by atoms with Crippen molar-refractivity contribution in [3.63, 3.8) is 0 Å². The van der Waals surface area contributed by atoms with Crippen LogP contribution in [-0.4, -0.2) is 60.2 Å². The normalized spacial score (nSPS) is 16.9. The van der Waals surface area contributed by atoms with E-state index in [1.165, 1.54) is 19.0 Å². The van der Waals surface area contributed by atoms with Crippen LogP contribution in [0.2, 0.25) is 0 Å². The Morgan fingerprint density at radius 1 is 0.978 bits per heavy atom. The van der Waals surface area contributed by atoms with Crippen molar-refractivity contribution in [1.29, 1.82) is 0 Å². The van der Waals surface area contributed by atoms with Crippen LogP contribution in [0.25, 0.3) is 10.9 Å². The zero-order valence-corrected chi connectivity index (χ0v) is 26.0. The zero-order valence-electron chi connectivity index (χ0n) is 26.0. The van der Waals surface area contributed by atoms with Gasteiger partial charge in [-0.3, -0.25) is 14.6 Å². The van der Waals surface area contributed by atoms with Gasteiger partial charge in [0.15, 0.2) is 0 Å². The van der Waals surface area contributed by atoms with Crippen molar-refractivity contribution in [1.82, 2.24) is 20.6 Å². The Bertz CT molecular complexity index is 1720. The lowest BCUT2D eigenvalue weighted by molar-refractivity contribution is -0.118. The van der Waals surface area contributed by atoms with Gasteiger partial charge in [0.25, 0.3) is 11.8 Å². The molecule has 11 heteroatoms. The predicted molar refractivity (Wildman–Crippen MR) is 176 cm³/mol. The van der Waals surface area contributed by atoms with E-state index in [9.17, 15) is 9.59 Å². The third kappa shape index (κ3) is 7.61. The van der Waals surface area contributed by atoms with Gasteiger partial charge in [-0.25, -0.2) is 4.98 Å². The molecule has 1 saturated carbocycles. The molecule has 1 aliphatic heterocycles. The van der Waals surface area contributed by atoms with Crippen molar-refractivity contribution in [2.24, 2.45) is 0 Å². The monoisotopic (exact) mass is 622 g/mol. The summed E-state index contributed by atoms with van der Waals surface area (Å²) < 4.78 is 18.0. The summed E-state index contributed by atoms with van der Waals surface area (Å²) in [5.41, 5.74) is 1.89. The minimum absolute atomic E-state index is 0.0534. The molecule has 2 aromatic carbocycles. The predicted octanol–water partition coefficient (Wildman–Crippen LogP) is 5.17. The Morgan fingerprint density at radius 2 is 1.78 bits per heavy atom. The first kappa shape index (κ1) is 31.0. The van der Waals surface area contributed by atoms with E-state index in [-0.39, 0.29) is 17.0 Å². The topological polar surface area (TPSA) is 136 Å². The second-order valence-electron chi connectivity index (χ2n) is 11.5. The van der Waals surface area contributed by atoms with Crippen molar-refractivity contribution in [2.75, 3.05) is 37.4 Å². The highest BCUT2D eigenvalue weighted by Crippen LogP contribution is 2.47. The van der Waals surface area contributed by atoms with Crippen LogP contribution < -0.4 is 30.7 Å². The highest BCUT2D eigenvalue weighted by atomic mass is 16.5. The highest BCUT2D eigenvalue weighted by Gasteiger charge is 2.49. The number of amides is 2. The first-order valence-corrected chi connectivity index (χ1v) is 15.5. The van der Waals surface area contributed by atoms with Crippen LogP contribution in [0.5, 0.6) is 17.2 Å². The maximum atomic E-state index is 13.1. The molecule has 1 unspecified atom stereocenters. The largest absolute Gasteiger partial charge is 0.493 e. The van der Waals surface area contributed by atoms with Gasteiger partial charge in [0.2, 0.25) is 0 Å². The molecule has 1 atom stereocenters. The molecule has 11 nitrogen and oxygen atoms in total. The fraction of sp³-hybridized carbons (Fsp3) is 0.314. The summed E-state index contributed by atoms with van der Waals surface area (Å²) >= 11 is 0. The minimum Gasteiger partial charge on any atom is -0.493 e.